The molecule has 6 nitrogen and oxygen atoms in total. The molecule has 1 saturated carbocycles. The van der Waals surface area contributed by atoms with Crippen molar-refractivity contribution in [3.63, 3.8) is 0 Å². The van der Waals surface area contributed by atoms with Crippen LogP contribution in [0, 0.1) is 25.7 Å². The molecule has 0 aliphatic heterocycles. The van der Waals surface area contributed by atoms with Crippen LogP contribution in [0.1, 0.15) is 42.6 Å². The lowest BCUT2D eigenvalue weighted by molar-refractivity contribution is -0.144. The fraction of sp³-hybridized carbons (Fsp3) is 0.450. The van der Waals surface area contributed by atoms with Gasteiger partial charge in [-0.2, -0.15) is 5.10 Å². The van der Waals surface area contributed by atoms with E-state index < -0.39 is 5.97 Å². The third-order valence-corrected chi connectivity index (χ3v) is 5.33. The minimum atomic E-state index is -0.747. The van der Waals surface area contributed by atoms with Gasteiger partial charge in [0.15, 0.2) is 0 Å². The standard InChI is InChI=1S/C20H25N3O3/c1-13-18(14(2)23(22-13)17-6-4-3-5-7-17)12-21-19(24)15-8-10-16(11-9-15)20(25)26/h3-7,15-16H,8-12H2,1-2H3,(H,21,24)(H,25,26). The number of nitrogens with one attached hydrogen (secondary N) is 1. The molecule has 138 valence electrons. The van der Waals surface area contributed by atoms with Gasteiger partial charge >= 0.3 is 5.97 Å². The molecule has 0 atom stereocenters. The fourth-order valence-corrected chi connectivity index (χ4v) is 3.67. The molecule has 0 saturated heterocycles. The van der Waals surface area contributed by atoms with Gasteiger partial charge in [-0.05, 0) is 51.7 Å². The quantitative estimate of drug-likeness (QED) is 0.863. The van der Waals surface area contributed by atoms with Gasteiger partial charge in [-0.15, -0.1) is 0 Å². The fourth-order valence-electron chi connectivity index (χ4n) is 3.67. The molecule has 3 rings (SSSR count). The van der Waals surface area contributed by atoms with E-state index in [1.54, 1.807) is 0 Å². The number of hydrogen-bond acceptors (Lipinski definition) is 3. The molecule has 1 aromatic carbocycles. The van der Waals surface area contributed by atoms with Gasteiger partial charge in [0.25, 0.3) is 0 Å². The average Bonchev–Trinajstić information content (AvgIpc) is 2.94. The summed E-state index contributed by atoms with van der Waals surface area (Å²) >= 11 is 0. The van der Waals surface area contributed by atoms with Gasteiger partial charge in [-0.25, -0.2) is 4.68 Å². The Bertz CT molecular complexity index is 790. The van der Waals surface area contributed by atoms with Crippen LogP contribution in [0.3, 0.4) is 0 Å². The Morgan fingerprint density at radius 3 is 2.35 bits per heavy atom. The third kappa shape index (κ3) is 3.79. The molecule has 1 aliphatic rings. The van der Waals surface area contributed by atoms with Crippen LogP contribution in [0.15, 0.2) is 30.3 Å². The van der Waals surface area contributed by atoms with Crippen molar-refractivity contribution in [1.29, 1.82) is 0 Å². The molecule has 0 spiro atoms. The Morgan fingerprint density at radius 1 is 1.12 bits per heavy atom. The summed E-state index contributed by atoms with van der Waals surface area (Å²) in [4.78, 5) is 23.5. The lowest BCUT2D eigenvalue weighted by atomic mass is 9.81. The summed E-state index contributed by atoms with van der Waals surface area (Å²) in [6.07, 6.45) is 2.45. The van der Waals surface area contributed by atoms with Crippen LogP contribution in [0.4, 0.5) is 0 Å². The summed E-state index contributed by atoms with van der Waals surface area (Å²) in [5, 5.41) is 16.7. The topological polar surface area (TPSA) is 84.2 Å². The summed E-state index contributed by atoms with van der Waals surface area (Å²) in [5.41, 5.74) is 3.95. The van der Waals surface area contributed by atoms with Crippen LogP contribution in [0.2, 0.25) is 0 Å². The highest BCUT2D eigenvalue weighted by Gasteiger charge is 2.29. The van der Waals surface area contributed by atoms with Crippen molar-refractivity contribution in [3.8, 4) is 5.69 Å². The Balaban J connectivity index is 1.63. The molecule has 26 heavy (non-hydrogen) atoms. The minimum Gasteiger partial charge on any atom is -0.481 e. The van der Waals surface area contributed by atoms with Crippen LogP contribution in [0.25, 0.3) is 5.69 Å². The number of carbonyl (C=O) groups excluding carboxylic acids is 1. The highest BCUT2D eigenvalue weighted by atomic mass is 16.4. The number of nitrogens with zero attached hydrogens (tertiary/aromatic N) is 2. The Morgan fingerprint density at radius 2 is 1.73 bits per heavy atom. The first kappa shape index (κ1) is 18.2. The Labute approximate surface area is 153 Å². The van der Waals surface area contributed by atoms with Gasteiger partial charge in [0.05, 0.1) is 17.3 Å². The van der Waals surface area contributed by atoms with Gasteiger partial charge in [0.2, 0.25) is 5.91 Å². The van der Waals surface area contributed by atoms with E-state index >= 15 is 0 Å². The third-order valence-electron chi connectivity index (χ3n) is 5.33. The maximum Gasteiger partial charge on any atom is 0.306 e. The van der Waals surface area contributed by atoms with Gasteiger partial charge in [0.1, 0.15) is 0 Å². The number of benzene rings is 1. The zero-order chi connectivity index (χ0) is 18.7. The first-order valence-electron chi connectivity index (χ1n) is 9.08. The monoisotopic (exact) mass is 355 g/mol. The summed E-state index contributed by atoms with van der Waals surface area (Å²) < 4.78 is 1.90. The highest BCUT2D eigenvalue weighted by Crippen LogP contribution is 2.29. The lowest BCUT2D eigenvalue weighted by Gasteiger charge is -2.25. The molecule has 1 amide bonds. The van der Waals surface area contributed by atoms with E-state index in [4.69, 9.17) is 5.11 Å². The maximum atomic E-state index is 12.5. The van der Waals surface area contributed by atoms with Gasteiger partial charge in [0, 0.05) is 23.7 Å². The summed E-state index contributed by atoms with van der Waals surface area (Å²) in [6.45, 7) is 4.40. The number of aliphatic carboxylic acids is 1. The number of aryl methyl sites for hydroxylation is 1. The second-order valence-corrected chi connectivity index (χ2v) is 7.00. The van der Waals surface area contributed by atoms with E-state index in [0.717, 1.165) is 22.6 Å². The molecule has 6 heteroatoms. The van der Waals surface area contributed by atoms with E-state index in [-0.39, 0.29) is 17.7 Å². The van der Waals surface area contributed by atoms with Crippen molar-refractivity contribution in [1.82, 2.24) is 15.1 Å². The van der Waals surface area contributed by atoms with Crippen molar-refractivity contribution in [2.45, 2.75) is 46.1 Å². The highest BCUT2D eigenvalue weighted by molar-refractivity contribution is 5.79. The van der Waals surface area contributed by atoms with E-state index in [0.29, 0.717) is 32.2 Å². The average molecular weight is 355 g/mol. The van der Waals surface area contributed by atoms with Crippen LogP contribution < -0.4 is 5.32 Å². The number of rotatable bonds is 5. The van der Waals surface area contributed by atoms with E-state index in [1.807, 2.05) is 48.9 Å². The smallest absolute Gasteiger partial charge is 0.306 e. The number of aromatic nitrogens is 2. The molecule has 1 aliphatic carbocycles. The summed E-state index contributed by atoms with van der Waals surface area (Å²) in [7, 11) is 0. The van der Waals surface area contributed by atoms with Gasteiger partial charge in [-0.1, -0.05) is 18.2 Å². The summed E-state index contributed by atoms with van der Waals surface area (Å²) in [5.74, 6) is -1.12. The minimum absolute atomic E-state index is 0.0140. The largest absolute Gasteiger partial charge is 0.481 e. The normalized spacial score (nSPS) is 19.9. The molecular formula is C20H25N3O3. The van der Waals surface area contributed by atoms with Crippen molar-refractivity contribution in [3.05, 3.63) is 47.3 Å². The van der Waals surface area contributed by atoms with Crippen molar-refractivity contribution >= 4 is 11.9 Å². The second kappa shape index (κ2) is 7.72. The van der Waals surface area contributed by atoms with Crippen LogP contribution in [0.5, 0.6) is 0 Å². The maximum absolute atomic E-state index is 12.5. The molecule has 0 radical (unpaired) electrons. The van der Waals surface area contributed by atoms with E-state index in [1.165, 1.54) is 0 Å². The predicted molar refractivity (Wildman–Crippen MR) is 98.0 cm³/mol. The first-order chi connectivity index (χ1) is 12.5. The molecular weight excluding hydrogens is 330 g/mol. The molecule has 2 aromatic rings. The van der Waals surface area contributed by atoms with Crippen LogP contribution >= 0.6 is 0 Å². The zero-order valence-electron chi connectivity index (χ0n) is 15.2. The molecule has 1 aromatic heterocycles. The lowest BCUT2D eigenvalue weighted by Crippen LogP contribution is -2.34. The second-order valence-electron chi connectivity index (χ2n) is 7.00. The van der Waals surface area contributed by atoms with Crippen molar-refractivity contribution in [2.24, 2.45) is 11.8 Å². The zero-order valence-corrected chi connectivity index (χ0v) is 15.2. The van der Waals surface area contributed by atoms with Gasteiger partial charge in [-0.3, -0.25) is 9.59 Å². The van der Waals surface area contributed by atoms with Crippen molar-refractivity contribution in [2.75, 3.05) is 0 Å². The number of carbonyl (C=O) groups is 2. The van der Waals surface area contributed by atoms with Crippen molar-refractivity contribution < 1.29 is 14.7 Å². The Kier molecular flexibility index (Phi) is 5.40. The molecule has 1 fully saturated rings. The molecule has 0 bridgehead atoms. The number of hydrogen-bond donors (Lipinski definition) is 2. The van der Waals surface area contributed by atoms with E-state index in [9.17, 15) is 9.59 Å². The number of carboxylic acids is 1. The number of carboxylic acid groups (broad SMARTS) is 1. The predicted octanol–water partition coefficient (Wildman–Crippen LogP) is 3.00. The number of amides is 1. The molecule has 0 unspecified atom stereocenters. The summed E-state index contributed by atoms with van der Waals surface area (Å²) in [6, 6.07) is 9.92. The van der Waals surface area contributed by atoms with Gasteiger partial charge < -0.3 is 10.4 Å². The molecule has 2 N–H and O–H groups in total. The molecule has 1 heterocycles. The SMILES string of the molecule is Cc1nn(-c2ccccc2)c(C)c1CNC(=O)C1CCC(C(=O)O)CC1. The first-order valence-corrected chi connectivity index (χ1v) is 9.08. The van der Waals surface area contributed by atoms with Crippen LogP contribution in [-0.2, 0) is 16.1 Å². The van der Waals surface area contributed by atoms with E-state index in [2.05, 4.69) is 10.4 Å². The Hall–Kier alpha value is -2.63. The van der Waals surface area contributed by atoms with Crippen LogP contribution in [-0.4, -0.2) is 26.8 Å². The number of para-hydroxylation sites is 1.